The van der Waals surface area contributed by atoms with E-state index in [-0.39, 0.29) is 18.4 Å². The minimum Gasteiger partial charge on any atom is -0.309 e. The summed E-state index contributed by atoms with van der Waals surface area (Å²) in [5.74, 6) is 0. The molecule has 19 heavy (non-hydrogen) atoms. The van der Waals surface area contributed by atoms with Crippen LogP contribution in [0.3, 0.4) is 0 Å². The maximum atomic E-state index is 11.7. The van der Waals surface area contributed by atoms with E-state index in [0.29, 0.717) is 0 Å². The smallest absolute Gasteiger partial charge is 0.309 e. The number of nitrogens with zero attached hydrogens (tertiary/aromatic N) is 1. The van der Waals surface area contributed by atoms with Gasteiger partial charge in [-0.05, 0) is 31.4 Å². The fraction of sp³-hybridized carbons (Fsp3) is 0.385. The SMILES string of the molecule is CCNN=CNC(=O)Nc1c(C)cccc1CC.Cl. The van der Waals surface area contributed by atoms with Gasteiger partial charge in [-0.1, -0.05) is 25.1 Å². The normalized spacial score (nSPS) is 9.84. The number of carbonyl (C=O) groups excluding carboxylic acids is 1. The summed E-state index contributed by atoms with van der Waals surface area (Å²) >= 11 is 0. The second kappa shape index (κ2) is 9.22. The Bertz CT molecular complexity index is 435. The summed E-state index contributed by atoms with van der Waals surface area (Å²) in [7, 11) is 0. The predicted octanol–water partition coefficient (Wildman–Crippen LogP) is 2.65. The molecule has 0 saturated carbocycles. The van der Waals surface area contributed by atoms with Crippen LogP contribution in [0.15, 0.2) is 23.3 Å². The van der Waals surface area contributed by atoms with Crippen molar-refractivity contribution in [1.82, 2.24) is 10.7 Å². The van der Waals surface area contributed by atoms with Gasteiger partial charge in [0.25, 0.3) is 0 Å². The predicted molar refractivity (Wildman–Crippen MR) is 82.1 cm³/mol. The third kappa shape index (κ3) is 5.61. The Kier molecular flexibility index (Phi) is 8.37. The molecular weight excluding hydrogens is 264 g/mol. The van der Waals surface area contributed by atoms with Gasteiger partial charge in [-0.25, -0.2) is 4.79 Å². The molecule has 1 aromatic carbocycles. The molecule has 0 saturated heterocycles. The number of aryl methyl sites for hydroxylation is 2. The molecule has 0 atom stereocenters. The van der Waals surface area contributed by atoms with Crippen molar-refractivity contribution >= 4 is 30.5 Å². The third-order valence-electron chi connectivity index (χ3n) is 2.49. The molecule has 0 bridgehead atoms. The summed E-state index contributed by atoms with van der Waals surface area (Å²) in [6.07, 6.45) is 2.21. The van der Waals surface area contributed by atoms with Crippen molar-refractivity contribution in [2.24, 2.45) is 5.10 Å². The number of rotatable bonds is 5. The highest BCUT2D eigenvalue weighted by molar-refractivity contribution is 5.97. The quantitative estimate of drug-likeness (QED) is 0.442. The lowest BCUT2D eigenvalue weighted by atomic mass is 10.1. The molecule has 0 aliphatic carbocycles. The molecule has 0 aliphatic rings. The molecule has 0 spiro atoms. The third-order valence-corrected chi connectivity index (χ3v) is 2.49. The van der Waals surface area contributed by atoms with Crippen LogP contribution < -0.4 is 16.1 Å². The molecule has 0 aliphatic heterocycles. The topological polar surface area (TPSA) is 65.5 Å². The maximum absolute atomic E-state index is 11.7. The second-order valence-electron chi connectivity index (χ2n) is 3.83. The van der Waals surface area contributed by atoms with Crippen LogP contribution in [0, 0.1) is 6.92 Å². The Morgan fingerprint density at radius 1 is 1.37 bits per heavy atom. The number of anilines is 1. The highest BCUT2D eigenvalue weighted by atomic mass is 35.5. The largest absolute Gasteiger partial charge is 0.324 e. The van der Waals surface area contributed by atoms with E-state index in [1.807, 2.05) is 32.0 Å². The van der Waals surface area contributed by atoms with E-state index in [1.165, 1.54) is 6.34 Å². The zero-order chi connectivity index (χ0) is 13.4. The fourth-order valence-electron chi connectivity index (χ4n) is 1.58. The number of benzene rings is 1. The summed E-state index contributed by atoms with van der Waals surface area (Å²) in [6, 6.07) is 5.68. The fourth-order valence-corrected chi connectivity index (χ4v) is 1.58. The molecule has 0 radical (unpaired) electrons. The van der Waals surface area contributed by atoms with E-state index in [9.17, 15) is 4.79 Å². The van der Waals surface area contributed by atoms with Gasteiger partial charge in [0.1, 0.15) is 6.34 Å². The molecule has 2 amide bonds. The first kappa shape index (κ1) is 17.2. The molecule has 3 N–H and O–H groups in total. The molecule has 6 heteroatoms. The number of urea groups is 1. The van der Waals surface area contributed by atoms with Crippen molar-refractivity contribution in [3.63, 3.8) is 0 Å². The molecule has 0 fully saturated rings. The van der Waals surface area contributed by atoms with Crippen LogP contribution in [0.25, 0.3) is 0 Å². The molecule has 106 valence electrons. The van der Waals surface area contributed by atoms with Gasteiger partial charge in [0.05, 0.1) is 0 Å². The van der Waals surface area contributed by atoms with Crippen molar-refractivity contribution in [2.75, 3.05) is 11.9 Å². The van der Waals surface area contributed by atoms with Gasteiger partial charge in [-0.3, -0.25) is 5.32 Å². The molecular formula is C13H21ClN4O. The summed E-state index contributed by atoms with van der Waals surface area (Å²) in [4.78, 5) is 11.7. The first-order chi connectivity index (χ1) is 8.69. The Morgan fingerprint density at radius 2 is 2.11 bits per heavy atom. The monoisotopic (exact) mass is 284 g/mol. The average molecular weight is 285 g/mol. The van der Waals surface area contributed by atoms with Crippen molar-refractivity contribution in [1.29, 1.82) is 0 Å². The van der Waals surface area contributed by atoms with Gasteiger partial charge < -0.3 is 10.7 Å². The number of hydrazone groups is 1. The Balaban J connectivity index is 0.00000324. The number of amides is 2. The van der Waals surface area contributed by atoms with E-state index < -0.39 is 0 Å². The van der Waals surface area contributed by atoms with Crippen LogP contribution in [-0.2, 0) is 6.42 Å². The number of nitrogens with one attached hydrogen (secondary N) is 3. The average Bonchev–Trinajstić information content (AvgIpc) is 2.37. The van der Waals surface area contributed by atoms with Crippen molar-refractivity contribution < 1.29 is 4.79 Å². The minimum atomic E-state index is -0.291. The zero-order valence-corrected chi connectivity index (χ0v) is 12.3. The summed E-state index contributed by atoms with van der Waals surface area (Å²) in [5.41, 5.74) is 5.77. The Morgan fingerprint density at radius 3 is 2.74 bits per heavy atom. The maximum Gasteiger partial charge on any atom is 0.324 e. The van der Waals surface area contributed by atoms with Crippen LogP contribution in [0.5, 0.6) is 0 Å². The zero-order valence-electron chi connectivity index (χ0n) is 11.5. The first-order valence-electron chi connectivity index (χ1n) is 6.09. The van der Waals surface area contributed by atoms with Crippen LogP contribution in [0.2, 0.25) is 0 Å². The van der Waals surface area contributed by atoms with Crippen molar-refractivity contribution in [3.8, 4) is 0 Å². The molecule has 5 nitrogen and oxygen atoms in total. The van der Waals surface area contributed by atoms with Gasteiger partial charge in [0.15, 0.2) is 0 Å². The highest BCUT2D eigenvalue weighted by Gasteiger charge is 2.06. The summed E-state index contributed by atoms with van der Waals surface area (Å²) < 4.78 is 0. The van der Waals surface area contributed by atoms with Gasteiger partial charge in [-0.2, -0.15) is 5.10 Å². The first-order valence-corrected chi connectivity index (χ1v) is 6.09. The molecule has 1 aromatic rings. The standard InChI is InChI=1S/C13H20N4O.ClH/c1-4-11-8-6-7-10(3)12(11)17-13(18)14-9-16-15-5-2;/h6-9,15H,4-5H2,1-3H3,(H2,14,16,17,18);1H. The van der Waals surface area contributed by atoms with Crippen molar-refractivity contribution in [2.45, 2.75) is 27.2 Å². The Labute approximate surface area is 120 Å². The summed E-state index contributed by atoms with van der Waals surface area (Å²) in [5, 5.41) is 9.17. The van der Waals surface area contributed by atoms with Crippen molar-refractivity contribution in [3.05, 3.63) is 29.3 Å². The number of halogens is 1. The van der Waals surface area contributed by atoms with Gasteiger partial charge in [0.2, 0.25) is 0 Å². The Hall–Kier alpha value is -1.75. The number of hydrogen-bond acceptors (Lipinski definition) is 3. The van der Waals surface area contributed by atoms with Gasteiger partial charge >= 0.3 is 6.03 Å². The number of carbonyl (C=O) groups is 1. The van der Waals surface area contributed by atoms with Crippen LogP contribution >= 0.6 is 12.4 Å². The van der Waals surface area contributed by atoms with E-state index in [0.717, 1.165) is 29.8 Å². The molecule has 0 heterocycles. The number of hydrogen-bond donors (Lipinski definition) is 3. The van der Waals surface area contributed by atoms with E-state index in [1.54, 1.807) is 0 Å². The van der Waals surface area contributed by atoms with Crippen LogP contribution in [0.1, 0.15) is 25.0 Å². The molecule has 0 unspecified atom stereocenters. The molecule has 1 rings (SSSR count). The minimum absolute atomic E-state index is 0. The van der Waals surface area contributed by atoms with Gasteiger partial charge in [-0.15, -0.1) is 12.4 Å². The second-order valence-corrected chi connectivity index (χ2v) is 3.83. The summed E-state index contributed by atoms with van der Waals surface area (Å²) in [6.45, 7) is 6.68. The number of para-hydroxylation sites is 1. The van der Waals surface area contributed by atoms with Gasteiger partial charge in [0, 0.05) is 12.2 Å². The van der Waals surface area contributed by atoms with Crippen LogP contribution in [0.4, 0.5) is 10.5 Å². The highest BCUT2D eigenvalue weighted by Crippen LogP contribution is 2.20. The molecule has 0 aromatic heterocycles. The lowest BCUT2D eigenvalue weighted by molar-refractivity contribution is 0.256. The lowest BCUT2D eigenvalue weighted by Crippen LogP contribution is -2.29. The van der Waals surface area contributed by atoms with E-state index in [2.05, 4.69) is 28.1 Å². The van der Waals surface area contributed by atoms with E-state index in [4.69, 9.17) is 0 Å². The van der Waals surface area contributed by atoms with Crippen LogP contribution in [-0.4, -0.2) is 18.9 Å². The lowest BCUT2D eigenvalue weighted by Gasteiger charge is -2.12. The van der Waals surface area contributed by atoms with E-state index >= 15 is 0 Å².